The molecule has 4 atom stereocenters. The first-order valence-electron chi connectivity index (χ1n) is 7.73. The monoisotopic (exact) mass is 351 g/mol. The van der Waals surface area contributed by atoms with Gasteiger partial charge >= 0.3 is 0 Å². The topological polar surface area (TPSA) is 38.3 Å². The molecule has 2 fully saturated rings. The molecule has 0 aromatic heterocycles. The standard InChI is InChI=1S/C17H22BrNO2/c1-10(14-8-11-3-4-12(14)7-11)19-17(20)15-9-13(21-2)5-6-16(15)18/h5-6,9-12,14H,3-4,7-8H2,1-2H3,(H,19,20)/t10-,11+,12+,14+/m1/s1. The van der Waals surface area contributed by atoms with Crippen molar-refractivity contribution >= 4 is 21.8 Å². The molecule has 3 nitrogen and oxygen atoms in total. The fourth-order valence-electron chi connectivity index (χ4n) is 4.10. The highest BCUT2D eigenvalue weighted by atomic mass is 79.9. The number of fused-ring (bicyclic) bond motifs is 2. The molecule has 1 aromatic rings. The van der Waals surface area contributed by atoms with Gasteiger partial charge in [0, 0.05) is 10.5 Å². The molecule has 0 saturated heterocycles. The van der Waals surface area contributed by atoms with Crippen LogP contribution in [0.25, 0.3) is 0 Å². The van der Waals surface area contributed by atoms with Gasteiger partial charge in [0.15, 0.2) is 0 Å². The molecule has 21 heavy (non-hydrogen) atoms. The number of ether oxygens (including phenoxy) is 1. The Morgan fingerprint density at radius 2 is 2.19 bits per heavy atom. The molecule has 2 aliphatic carbocycles. The second kappa shape index (κ2) is 5.99. The number of benzene rings is 1. The van der Waals surface area contributed by atoms with Crippen LogP contribution in [0.3, 0.4) is 0 Å². The first kappa shape index (κ1) is 14.9. The van der Waals surface area contributed by atoms with Crippen LogP contribution in [-0.2, 0) is 0 Å². The summed E-state index contributed by atoms with van der Waals surface area (Å²) in [6.45, 7) is 2.15. The van der Waals surface area contributed by atoms with Crippen molar-refractivity contribution in [2.75, 3.05) is 7.11 Å². The fourth-order valence-corrected chi connectivity index (χ4v) is 4.53. The van der Waals surface area contributed by atoms with Crippen molar-refractivity contribution in [3.8, 4) is 5.75 Å². The van der Waals surface area contributed by atoms with Crippen molar-refractivity contribution in [1.29, 1.82) is 0 Å². The summed E-state index contributed by atoms with van der Waals surface area (Å²) >= 11 is 3.45. The minimum atomic E-state index is -0.0175. The number of amides is 1. The lowest BCUT2D eigenvalue weighted by atomic mass is 9.84. The Hall–Kier alpha value is -1.03. The highest BCUT2D eigenvalue weighted by Gasteiger charge is 2.42. The van der Waals surface area contributed by atoms with E-state index >= 15 is 0 Å². The number of methoxy groups -OCH3 is 1. The Labute approximate surface area is 134 Å². The third-order valence-electron chi connectivity index (χ3n) is 5.21. The summed E-state index contributed by atoms with van der Waals surface area (Å²) in [5.74, 6) is 3.06. The second-order valence-electron chi connectivity index (χ2n) is 6.45. The van der Waals surface area contributed by atoms with E-state index in [9.17, 15) is 4.79 Å². The molecule has 0 heterocycles. The summed E-state index contributed by atoms with van der Waals surface area (Å²) in [4.78, 5) is 12.5. The van der Waals surface area contributed by atoms with Crippen LogP contribution in [0.4, 0.5) is 0 Å². The molecule has 4 heteroatoms. The number of nitrogens with one attached hydrogen (secondary N) is 1. The molecule has 0 unspecified atom stereocenters. The Kier molecular flexibility index (Phi) is 4.25. The lowest BCUT2D eigenvalue weighted by Gasteiger charge is -2.28. The van der Waals surface area contributed by atoms with E-state index in [1.54, 1.807) is 13.2 Å². The van der Waals surface area contributed by atoms with Crippen LogP contribution in [-0.4, -0.2) is 19.1 Å². The first-order chi connectivity index (χ1) is 10.1. The molecule has 0 aliphatic heterocycles. The van der Waals surface area contributed by atoms with Gasteiger partial charge in [0.2, 0.25) is 0 Å². The van der Waals surface area contributed by atoms with Gasteiger partial charge in [-0.25, -0.2) is 0 Å². The number of hydrogen-bond donors (Lipinski definition) is 1. The predicted octanol–water partition coefficient (Wildman–Crippen LogP) is 4.01. The average Bonchev–Trinajstić information content (AvgIpc) is 3.10. The van der Waals surface area contributed by atoms with Gasteiger partial charge in [-0.1, -0.05) is 6.42 Å². The average molecular weight is 352 g/mol. The van der Waals surface area contributed by atoms with Gasteiger partial charge in [-0.2, -0.15) is 0 Å². The van der Waals surface area contributed by atoms with E-state index in [-0.39, 0.29) is 11.9 Å². The van der Waals surface area contributed by atoms with Crippen LogP contribution >= 0.6 is 15.9 Å². The molecular weight excluding hydrogens is 330 g/mol. The van der Waals surface area contributed by atoms with Crippen LogP contribution in [0.2, 0.25) is 0 Å². The summed E-state index contributed by atoms with van der Waals surface area (Å²) in [6, 6.07) is 5.73. The van der Waals surface area contributed by atoms with Crippen LogP contribution in [0.15, 0.2) is 22.7 Å². The number of carbonyl (C=O) groups is 1. The fraction of sp³-hybridized carbons (Fsp3) is 0.588. The van der Waals surface area contributed by atoms with Crippen LogP contribution in [0.1, 0.15) is 43.0 Å². The molecule has 2 saturated carbocycles. The van der Waals surface area contributed by atoms with E-state index in [0.717, 1.165) is 16.3 Å². The third-order valence-corrected chi connectivity index (χ3v) is 5.90. The third kappa shape index (κ3) is 2.96. The van der Waals surface area contributed by atoms with Gasteiger partial charge in [0.25, 0.3) is 5.91 Å². The number of hydrogen-bond acceptors (Lipinski definition) is 2. The zero-order valence-corrected chi connectivity index (χ0v) is 14.2. The van der Waals surface area contributed by atoms with Crippen molar-refractivity contribution in [3.63, 3.8) is 0 Å². The predicted molar refractivity (Wildman–Crippen MR) is 86.6 cm³/mol. The molecule has 2 bridgehead atoms. The lowest BCUT2D eigenvalue weighted by Crippen LogP contribution is -2.40. The lowest BCUT2D eigenvalue weighted by molar-refractivity contribution is 0.0914. The zero-order chi connectivity index (χ0) is 15.0. The van der Waals surface area contributed by atoms with E-state index in [2.05, 4.69) is 28.2 Å². The van der Waals surface area contributed by atoms with E-state index in [1.807, 2.05) is 12.1 Å². The molecule has 0 spiro atoms. The van der Waals surface area contributed by atoms with Gasteiger partial charge in [0.05, 0.1) is 12.7 Å². The van der Waals surface area contributed by atoms with Crippen molar-refractivity contribution in [3.05, 3.63) is 28.2 Å². The highest BCUT2D eigenvalue weighted by Crippen LogP contribution is 2.49. The Morgan fingerprint density at radius 1 is 1.38 bits per heavy atom. The number of rotatable bonds is 4. The maximum Gasteiger partial charge on any atom is 0.252 e. The van der Waals surface area contributed by atoms with Crippen LogP contribution < -0.4 is 10.1 Å². The van der Waals surface area contributed by atoms with E-state index < -0.39 is 0 Å². The van der Waals surface area contributed by atoms with Crippen LogP contribution in [0, 0.1) is 17.8 Å². The van der Waals surface area contributed by atoms with Crippen molar-refractivity contribution in [2.24, 2.45) is 17.8 Å². The Balaban J connectivity index is 1.68. The zero-order valence-electron chi connectivity index (χ0n) is 12.6. The van der Waals surface area contributed by atoms with Gasteiger partial charge in [-0.05, 0) is 78.1 Å². The van der Waals surface area contributed by atoms with Crippen molar-refractivity contribution in [1.82, 2.24) is 5.32 Å². The van der Waals surface area contributed by atoms with Gasteiger partial charge in [-0.15, -0.1) is 0 Å². The minimum Gasteiger partial charge on any atom is -0.497 e. The summed E-state index contributed by atoms with van der Waals surface area (Å²) in [6.07, 6.45) is 5.39. The SMILES string of the molecule is COc1ccc(Br)c(C(=O)N[C@H](C)[C@@H]2C[C@H]3CC[C@H]2C3)c1. The molecule has 1 aromatic carbocycles. The normalized spacial score (nSPS) is 28.4. The summed E-state index contributed by atoms with van der Waals surface area (Å²) < 4.78 is 6.01. The van der Waals surface area contributed by atoms with Crippen molar-refractivity contribution < 1.29 is 9.53 Å². The summed E-state index contributed by atoms with van der Waals surface area (Å²) in [5.41, 5.74) is 0.643. The molecule has 0 radical (unpaired) electrons. The van der Waals surface area contributed by atoms with E-state index in [0.29, 0.717) is 17.2 Å². The quantitative estimate of drug-likeness (QED) is 0.889. The Morgan fingerprint density at radius 3 is 2.81 bits per heavy atom. The van der Waals surface area contributed by atoms with Gasteiger partial charge in [0.1, 0.15) is 5.75 Å². The second-order valence-corrected chi connectivity index (χ2v) is 7.30. The summed E-state index contributed by atoms with van der Waals surface area (Å²) in [5, 5.41) is 3.19. The smallest absolute Gasteiger partial charge is 0.252 e. The number of halogens is 1. The minimum absolute atomic E-state index is 0.0175. The largest absolute Gasteiger partial charge is 0.497 e. The maximum atomic E-state index is 12.5. The molecule has 1 N–H and O–H groups in total. The van der Waals surface area contributed by atoms with Gasteiger partial charge in [-0.3, -0.25) is 4.79 Å². The van der Waals surface area contributed by atoms with Crippen LogP contribution in [0.5, 0.6) is 5.75 Å². The molecule has 3 rings (SSSR count). The highest BCUT2D eigenvalue weighted by molar-refractivity contribution is 9.10. The molecule has 2 aliphatic rings. The molecule has 1 amide bonds. The van der Waals surface area contributed by atoms with Crippen molar-refractivity contribution in [2.45, 2.75) is 38.6 Å². The molecular formula is C17H22BrNO2. The Bertz CT molecular complexity index is 546. The van der Waals surface area contributed by atoms with E-state index in [1.165, 1.54) is 25.7 Å². The molecule has 114 valence electrons. The number of carbonyl (C=O) groups excluding carboxylic acids is 1. The van der Waals surface area contributed by atoms with E-state index in [4.69, 9.17) is 4.74 Å². The maximum absolute atomic E-state index is 12.5. The van der Waals surface area contributed by atoms with Gasteiger partial charge < -0.3 is 10.1 Å². The summed E-state index contributed by atoms with van der Waals surface area (Å²) in [7, 11) is 1.61. The first-order valence-corrected chi connectivity index (χ1v) is 8.52.